The predicted molar refractivity (Wildman–Crippen MR) is 83.5 cm³/mol. The first kappa shape index (κ1) is 17.6. The zero-order valence-corrected chi connectivity index (χ0v) is 13.7. The molecular weight excluding hydrogens is 274 g/mol. The van der Waals surface area contributed by atoms with Crippen LogP contribution in [0.5, 0.6) is 0 Å². The SMILES string of the molecule is COCC(C)OCC(O)CNC(C)Cc1ccc(C)s1. The van der Waals surface area contributed by atoms with Gasteiger partial charge in [-0.25, -0.2) is 0 Å². The van der Waals surface area contributed by atoms with Crippen LogP contribution in [0.4, 0.5) is 0 Å². The average molecular weight is 301 g/mol. The van der Waals surface area contributed by atoms with E-state index < -0.39 is 6.10 Å². The number of nitrogens with one attached hydrogen (secondary N) is 1. The molecule has 20 heavy (non-hydrogen) atoms. The molecule has 2 N–H and O–H groups in total. The van der Waals surface area contributed by atoms with Crippen molar-refractivity contribution in [2.75, 3.05) is 26.9 Å². The Morgan fingerprint density at radius 2 is 2.05 bits per heavy atom. The summed E-state index contributed by atoms with van der Waals surface area (Å²) in [5.41, 5.74) is 0. The first-order valence-corrected chi connectivity index (χ1v) is 7.90. The fraction of sp³-hybridized carbons (Fsp3) is 0.733. The summed E-state index contributed by atoms with van der Waals surface area (Å²) >= 11 is 1.83. The van der Waals surface area contributed by atoms with Gasteiger partial charge in [-0.05, 0) is 39.3 Å². The number of hydrogen-bond donors (Lipinski definition) is 2. The summed E-state index contributed by atoms with van der Waals surface area (Å²) in [5.74, 6) is 0. The Labute approximate surface area is 126 Å². The van der Waals surface area contributed by atoms with Gasteiger partial charge in [-0.1, -0.05) is 0 Å². The summed E-state index contributed by atoms with van der Waals surface area (Å²) in [4.78, 5) is 2.72. The molecule has 0 aromatic carbocycles. The van der Waals surface area contributed by atoms with E-state index in [9.17, 15) is 5.11 Å². The fourth-order valence-electron chi connectivity index (χ4n) is 1.92. The average Bonchev–Trinajstić information content (AvgIpc) is 2.79. The van der Waals surface area contributed by atoms with Crippen LogP contribution in [0.2, 0.25) is 0 Å². The third-order valence-electron chi connectivity index (χ3n) is 2.98. The van der Waals surface area contributed by atoms with Crippen molar-refractivity contribution >= 4 is 11.3 Å². The van der Waals surface area contributed by atoms with E-state index in [1.165, 1.54) is 9.75 Å². The van der Waals surface area contributed by atoms with Crippen molar-refractivity contribution in [3.8, 4) is 0 Å². The van der Waals surface area contributed by atoms with Crippen LogP contribution in [0.3, 0.4) is 0 Å². The van der Waals surface area contributed by atoms with Crippen LogP contribution in [0, 0.1) is 6.92 Å². The Balaban J connectivity index is 2.15. The molecule has 0 bridgehead atoms. The van der Waals surface area contributed by atoms with Crippen molar-refractivity contribution in [3.63, 3.8) is 0 Å². The lowest BCUT2D eigenvalue weighted by Gasteiger charge is -2.18. The number of aliphatic hydroxyl groups is 1. The number of thiophene rings is 1. The van der Waals surface area contributed by atoms with Crippen LogP contribution in [0.15, 0.2) is 12.1 Å². The van der Waals surface area contributed by atoms with E-state index in [4.69, 9.17) is 9.47 Å². The van der Waals surface area contributed by atoms with Crippen LogP contribution < -0.4 is 5.32 Å². The lowest BCUT2D eigenvalue weighted by molar-refractivity contribution is -0.0314. The van der Waals surface area contributed by atoms with Gasteiger partial charge in [-0.15, -0.1) is 11.3 Å². The van der Waals surface area contributed by atoms with E-state index in [1.54, 1.807) is 7.11 Å². The molecule has 0 saturated carbocycles. The molecule has 0 aliphatic rings. The van der Waals surface area contributed by atoms with E-state index in [0.717, 1.165) is 6.42 Å². The molecular formula is C15H27NO3S. The van der Waals surface area contributed by atoms with Gasteiger partial charge < -0.3 is 19.9 Å². The van der Waals surface area contributed by atoms with Crippen LogP contribution in [0.1, 0.15) is 23.6 Å². The van der Waals surface area contributed by atoms with Crippen LogP contribution in [-0.4, -0.2) is 50.2 Å². The molecule has 0 spiro atoms. The Bertz CT molecular complexity index is 370. The van der Waals surface area contributed by atoms with Crippen molar-refractivity contribution in [2.24, 2.45) is 0 Å². The summed E-state index contributed by atoms with van der Waals surface area (Å²) in [6, 6.07) is 4.66. The highest BCUT2D eigenvalue weighted by molar-refractivity contribution is 7.11. The van der Waals surface area contributed by atoms with Gasteiger partial charge >= 0.3 is 0 Å². The summed E-state index contributed by atoms with van der Waals surface area (Å²) in [6.07, 6.45) is 0.523. The minimum absolute atomic E-state index is 0.0150. The quantitative estimate of drug-likeness (QED) is 0.694. The third kappa shape index (κ3) is 7.36. The van der Waals surface area contributed by atoms with Crippen molar-refractivity contribution in [1.82, 2.24) is 5.32 Å². The van der Waals surface area contributed by atoms with Gasteiger partial charge in [0.2, 0.25) is 0 Å². The van der Waals surface area contributed by atoms with Gasteiger partial charge in [0.15, 0.2) is 0 Å². The van der Waals surface area contributed by atoms with Gasteiger partial charge in [-0.3, -0.25) is 0 Å². The lowest BCUT2D eigenvalue weighted by atomic mass is 10.2. The van der Waals surface area contributed by atoms with Gasteiger partial charge in [0, 0.05) is 29.5 Å². The number of aryl methyl sites for hydroxylation is 1. The second kappa shape index (κ2) is 9.47. The van der Waals surface area contributed by atoms with Crippen molar-refractivity contribution < 1.29 is 14.6 Å². The molecule has 0 radical (unpaired) electrons. The number of ether oxygens (including phenoxy) is 2. The maximum absolute atomic E-state index is 9.86. The zero-order chi connectivity index (χ0) is 15.0. The topological polar surface area (TPSA) is 50.7 Å². The fourth-order valence-corrected chi connectivity index (χ4v) is 2.94. The van der Waals surface area contributed by atoms with Crippen LogP contribution >= 0.6 is 11.3 Å². The molecule has 0 aliphatic heterocycles. The maximum Gasteiger partial charge on any atom is 0.0897 e. The molecule has 1 aromatic heterocycles. The molecule has 1 heterocycles. The summed E-state index contributed by atoms with van der Waals surface area (Å²) in [7, 11) is 1.64. The molecule has 4 nitrogen and oxygen atoms in total. The highest BCUT2D eigenvalue weighted by Gasteiger charge is 2.10. The largest absolute Gasteiger partial charge is 0.389 e. The predicted octanol–water partition coefficient (Wildman–Crippen LogP) is 1.99. The van der Waals surface area contributed by atoms with Gasteiger partial charge in [-0.2, -0.15) is 0 Å². The summed E-state index contributed by atoms with van der Waals surface area (Å²) in [5, 5.41) is 13.2. The number of rotatable bonds is 10. The first-order chi connectivity index (χ1) is 9.51. The normalized spacial score (nSPS) is 16.1. The molecule has 3 atom stereocenters. The van der Waals surface area contributed by atoms with E-state index in [2.05, 4.69) is 31.3 Å². The van der Waals surface area contributed by atoms with Crippen LogP contribution in [0.25, 0.3) is 0 Å². The highest BCUT2D eigenvalue weighted by atomic mass is 32.1. The number of hydrogen-bond acceptors (Lipinski definition) is 5. The van der Waals surface area contributed by atoms with Crippen molar-refractivity contribution in [3.05, 3.63) is 21.9 Å². The smallest absolute Gasteiger partial charge is 0.0897 e. The van der Waals surface area contributed by atoms with Crippen LogP contribution in [-0.2, 0) is 15.9 Å². The Kier molecular flexibility index (Phi) is 8.33. The van der Waals surface area contributed by atoms with E-state index in [0.29, 0.717) is 25.8 Å². The van der Waals surface area contributed by atoms with Gasteiger partial charge in [0.25, 0.3) is 0 Å². The van der Waals surface area contributed by atoms with Crippen molar-refractivity contribution in [1.29, 1.82) is 0 Å². The Hall–Kier alpha value is -0.460. The Morgan fingerprint density at radius 3 is 2.65 bits per heavy atom. The second-order valence-corrected chi connectivity index (χ2v) is 6.65. The standard InChI is InChI=1S/C15H27NO3S/c1-11(7-15-6-5-13(3)20-15)16-8-14(17)10-19-12(2)9-18-4/h5-6,11-12,14,16-17H,7-10H2,1-4H3. The Morgan fingerprint density at radius 1 is 1.30 bits per heavy atom. The lowest BCUT2D eigenvalue weighted by Crippen LogP contribution is -2.37. The monoisotopic (exact) mass is 301 g/mol. The highest BCUT2D eigenvalue weighted by Crippen LogP contribution is 2.16. The third-order valence-corrected chi connectivity index (χ3v) is 4.00. The molecule has 0 saturated heterocycles. The van der Waals surface area contributed by atoms with Gasteiger partial charge in [0.05, 0.1) is 25.4 Å². The molecule has 0 amide bonds. The summed E-state index contributed by atoms with van der Waals surface area (Å²) < 4.78 is 10.5. The van der Waals surface area contributed by atoms with E-state index in [-0.39, 0.29) is 6.10 Å². The number of methoxy groups -OCH3 is 1. The number of aliphatic hydroxyl groups excluding tert-OH is 1. The minimum atomic E-state index is -0.484. The minimum Gasteiger partial charge on any atom is -0.389 e. The molecule has 1 aromatic rings. The molecule has 1 rings (SSSR count). The molecule has 5 heteroatoms. The zero-order valence-electron chi connectivity index (χ0n) is 12.9. The van der Waals surface area contributed by atoms with E-state index >= 15 is 0 Å². The maximum atomic E-state index is 9.86. The molecule has 0 fully saturated rings. The second-order valence-electron chi connectivity index (χ2n) is 5.28. The molecule has 3 unspecified atom stereocenters. The molecule has 0 aliphatic carbocycles. The molecule has 116 valence electrons. The van der Waals surface area contributed by atoms with Crippen molar-refractivity contribution in [2.45, 2.75) is 45.4 Å². The first-order valence-electron chi connectivity index (χ1n) is 7.08. The summed E-state index contributed by atoms with van der Waals surface area (Å²) in [6.45, 7) is 7.62. The van der Waals surface area contributed by atoms with E-state index in [1.807, 2.05) is 18.3 Å². The van der Waals surface area contributed by atoms with Gasteiger partial charge in [0.1, 0.15) is 0 Å².